The van der Waals surface area contributed by atoms with Crippen LogP contribution in [0, 0.1) is 19.8 Å². The molecule has 1 saturated heterocycles. The number of hydrogen-bond donors (Lipinski definition) is 1. The molecular weight excluding hydrogens is 468 g/mol. The Kier molecular flexibility index (Phi) is 7.23. The number of ether oxygens (including phenoxy) is 2. The number of carbonyl (C=O) groups is 1. The maximum absolute atomic E-state index is 13.2. The Morgan fingerprint density at radius 3 is 2.78 bits per heavy atom. The minimum Gasteiger partial charge on any atom is -0.465 e. The van der Waals surface area contributed by atoms with Crippen molar-refractivity contribution in [2.75, 3.05) is 25.1 Å². The first kappa shape index (κ1) is 25.0. The highest BCUT2D eigenvalue weighted by Crippen LogP contribution is 2.34. The van der Waals surface area contributed by atoms with Crippen LogP contribution < -0.4 is 5.32 Å². The Hall–Kier alpha value is -3.72. The molecule has 4 heterocycles. The molecule has 37 heavy (non-hydrogen) atoms. The maximum Gasteiger partial charge on any atom is 0.315 e. The van der Waals surface area contributed by atoms with E-state index < -0.39 is 5.92 Å². The van der Waals surface area contributed by atoms with Gasteiger partial charge in [0.05, 0.1) is 18.0 Å². The van der Waals surface area contributed by atoms with Crippen LogP contribution >= 0.6 is 0 Å². The highest BCUT2D eigenvalue weighted by Gasteiger charge is 2.34. The van der Waals surface area contributed by atoms with Crippen LogP contribution in [0.1, 0.15) is 48.2 Å². The van der Waals surface area contributed by atoms with Crippen molar-refractivity contribution in [2.24, 2.45) is 13.0 Å². The largest absolute Gasteiger partial charge is 0.465 e. The van der Waals surface area contributed by atoms with Crippen molar-refractivity contribution >= 4 is 17.4 Å². The van der Waals surface area contributed by atoms with Gasteiger partial charge in [0.2, 0.25) is 0 Å². The highest BCUT2D eigenvalue weighted by molar-refractivity contribution is 5.79. The van der Waals surface area contributed by atoms with Crippen LogP contribution in [0.3, 0.4) is 0 Å². The molecule has 3 aromatic heterocycles. The molecule has 1 aromatic carbocycles. The predicted octanol–water partition coefficient (Wildman–Crippen LogP) is 4.43. The number of aromatic nitrogens is 5. The number of aryl methyl sites for hydroxylation is 3. The summed E-state index contributed by atoms with van der Waals surface area (Å²) in [4.78, 5) is 22.6. The number of carbonyl (C=O) groups excluding carboxylic acids is 1. The molecule has 5 rings (SSSR count). The number of hydrogen-bond acceptors (Lipinski definition) is 7. The van der Waals surface area contributed by atoms with Gasteiger partial charge < -0.3 is 19.4 Å². The van der Waals surface area contributed by atoms with Gasteiger partial charge in [-0.05, 0) is 51.2 Å². The number of fused-ring (bicyclic) bond motifs is 1. The topological polar surface area (TPSA) is 95.6 Å². The Labute approximate surface area is 216 Å². The van der Waals surface area contributed by atoms with Crippen LogP contribution in [0.2, 0.25) is 0 Å². The summed E-state index contributed by atoms with van der Waals surface area (Å²) < 4.78 is 14.9. The normalized spacial score (nSPS) is 15.1. The van der Waals surface area contributed by atoms with Crippen molar-refractivity contribution in [1.82, 2.24) is 24.1 Å². The third kappa shape index (κ3) is 5.09. The molecule has 0 amide bonds. The summed E-state index contributed by atoms with van der Waals surface area (Å²) in [5, 5.41) is 8.29. The third-order valence-electron chi connectivity index (χ3n) is 7.15. The van der Waals surface area contributed by atoms with E-state index in [1.165, 1.54) is 0 Å². The van der Waals surface area contributed by atoms with E-state index in [4.69, 9.17) is 19.6 Å². The van der Waals surface area contributed by atoms with Crippen LogP contribution in [0.15, 0.2) is 42.7 Å². The summed E-state index contributed by atoms with van der Waals surface area (Å²) in [6.45, 7) is 8.04. The molecular formula is C28H34N6O3. The number of benzene rings is 1. The average molecular weight is 503 g/mol. The van der Waals surface area contributed by atoms with Gasteiger partial charge in [0.1, 0.15) is 17.6 Å². The van der Waals surface area contributed by atoms with E-state index in [0.29, 0.717) is 32.1 Å². The Bertz CT molecular complexity index is 1400. The molecule has 0 radical (unpaired) electrons. The number of rotatable bonds is 8. The second-order valence-corrected chi connectivity index (χ2v) is 9.61. The van der Waals surface area contributed by atoms with Crippen molar-refractivity contribution in [3.63, 3.8) is 0 Å². The molecule has 9 heteroatoms. The van der Waals surface area contributed by atoms with Gasteiger partial charge in [0, 0.05) is 56.4 Å². The van der Waals surface area contributed by atoms with E-state index in [9.17, 15) is 4.79 Å². The number of nitrogens with zero attached hydrogens (tertiary/aromatic N) is 5. The lowest BCUT2D eigenvalue weighted by molar-refractivity contribution is -0.147. The fourth-order valence-corrected chi connectivity index (χ4v) is 5.03. The molecule has 1 atom stereocenters. The lowest BCUT2D eigenvalue weighted by atomic mass is 9.83. The number of esters is 1. The van der Waals surface area contributed by atoms with Gasteiger partial charge in [-0.3, -0.25) is 4.79 Å². The van der Waals surface area contributed by atoms with Crippen LogP contribution in [-0.2, 0) is 27.9 Å². The smallest absolute Gasteiger partial charge is 0.315 e. The summed E-state index contributed by atoms with van der Waals surface area (Å²) >= 11 is 0. The van der Waals surface area contributed by atoms with Gasteiger partial charge in [0.15, 0.2) is 5.65 Å². The molecule has 0 spiro atoms. The second-order valence-electron chi connectivity index (χ2n) is 9.61. The van der Waals surface area contributed by atoms with E-state index in [-0.39, 0.29) is 11.9 Å². The average Bonchev–Trinajstić information content (AvgIpc) is 3.46. The van der Waals surface area contributed by atoms with E-state index in [0.717, 1.165) is 52.5 Å². The van der Waals surface area contributed by atoms with E-state index in [1.807, 2.05) is 55.2 Å². The van der Waals surface area contributed by atoms with Crippen LogP contribution in [0.5, 0.6) is 0 Å². The number of imidazole rings is 1. The molecule has 0 bridgehead atoms. The lowest BCUT2D eigenvalue weighted by Crippen LogP contribution is -2.30. The van der Waals surface area contributed by atoms with Crippen molar-refractivity contribution < 1.29 is 14.3 Å². The third-order valence-corrected chi connectivity index (χ3v) is 7.15. The van der Waals surface area contributed by atoms with Gasteiger partial charge in [-0.2, -0.15) is 9.61 Å². The van der Waals surface area contributed by atoms with E-state index >= 15 is 0 Å². The van der Waals surface area contributed by atoms with Crippen molar-refractivity contribution in [1.29, 1.82) is 0 Å². The summed E-state index contributed by atoms with van der Waals surface area (Å²) in [6, 6.07) is 10.3. The summed E-state index contributed by atoms with van der Waals surface area (Å²) in [5.74, 6) is 1.15. The quantitative estimate of drug-likeness (QED) is 0.356. The zero-order chi connectivity index (χ0) is 25.9. The van der Waals surface area contributed by atoms with Crippen LogP contribution in [0.25, 0.3) is 17.0 Å². The molecule has 1 N–H and O–H groups in total. The summed E-state index contributed by atoms with van der Waals surface area (Å²) in [7, 11) is 1.99. The zero-order valence-corrected chi connectivity index (χ0v) is 21.9. The molecule has 0 aliphatic carbocycles. The van der Waals surface area contributed by atoms with Gasteiger partial charge in [-0.15, -0.1) is 0 Å². The minimum absolute atomic E-state index is 0.120. The fraction of sp³-hybridized carbons (Fsp3) is 0.429. The molecule has 4 aromatic rings. The molecule has 1 fully saturated rings. The van der Waals surface area contributed by atoms with E-state index in [1.54, 1.807) is 6.20 Å². The molecule has 0 saturated carbocycles. The lowest BCUT2D eigenvalue weighted by Gasteiger charge is -2.28. The van der Waals surface area contributed by atoms with Crippen LogP contribution in [-0.4, -0.2) is 49.9 Å². The number of anilines is 1. The van der Waals surface area contributed by atoms with Crippen molar-refractivity contribution in [3.8, 4) is 11.4 Å². The molecule has 1 unspecified atom stereocenters. The van der Waals surface area contributed by atoms with Crippen molar-refractivity contribution in [3.05, 3.63) is 65.2 Å². The summed E-state index contributed by atoms with van der Waals surface area (Å²) in [5.41, 5.74) is 5.53. The molecule has 194 valence electrons. The first-order valence-electron chi connectivity index (χ1n) is 12.9. The molecule has 1 aliphatic heterocycles. The Morgan fingerprint density at radius 1 is 1.24 bits per heavy atom. The monoisotopic (exact) mass is 502 g/mol. The first-order chi connectivity index (χ1) is 18.0. The first-order valence-corrected chi connectivity index (χ1v) is 12.9. The van der Waals surface area contributed by atoms with Gasteiger partial charge in [0.25, 0.3) is 0 Å². The Morgan fingerprint density at radius 2 is 2.05 bits per heavy atom. The standard InChI is InChI=1S/C28H34N6O3/c1-5-37-28(35)25(21-9-13-36-14-10-21)23-16-24(34-26(31-23)18(2)19(3)32-34)30-17-20-7-6-8-22(15-20)27-29-11-12-33(27)4/h6-8,11-12,15-16,21,25,30H,5,9-10,13-14,17H2,1-4H3. The summed E-state index contributed by atoms with van der Waals surface area (Å²) in [6.07, 6.45) is 5.35. The molecule has 1 aliphatic rings. The molecule has 9 nitrogen and oxygen atoms in total. The van der Waals surface area contributed by atoms with Crippen molar-refractivity contribution in [2.45, 2.75) is 46.1 Å². The minimum atomic E-state index is -0.448. The van der Waals surface area contributed by atoms with Crippen LogP contribution in [0.4, 0.5) is 5.82 Å². The van der Waals surface area contributed by atoms with Gasteiger partial charge >= 0.3 is 5.97 Å². The predicted molar refractivity (Wildman–Crippen MR) is 141 cm³/mol. The van der Waals surface area contributed by atoms with E-state index in [2.05, 4.69) is 28.5 Å². The highest BCUT2D eigenvalue weighted by atomic mass is 16.5. The zero-order valence-electron chi connectivity index (χ0n) is 21.9. The SMILES string of the molecule is CCOC(=O)C(c1cc(NCc2cccc(-c3nccn3C)c2)n2nc(C)c(C)c2n1)C1CCOCC1. The second kappa shape index (κ2) is 10.7. The fourth-order valence-electron chi connectivity index (χ4n) is 5.03. The Balaban J connectivity index is 1.50. The maximum atomic E-state index is 13.2. The van der Waals surface area contributed by atoms with Gasteiger partial charge in [-0.1, -0.05) is 18.2 Å². The van der Waals surface area contributed by atoms with Gasteiger partial charge in [-0.25, -0.2) is 9.97 Å². The number of nitrogens with one attached hydrogen (secondary N) is 1.